The summed E-state index contributed by atoms with van der Waals surface area (Å²) in [6.45, 7) is -0.0733. The van der Waals surface area contributed by atoms with Crippen molar-refractivity contribution in [1.29, 1.82) is 0 Å². The van der Waals surface area contributed by atoms with Gasteiger partial charge in [0.05, 0.1) is 24.2 Å². The Morgan fingerprint density at radius 2 is 1.78 bits per heavy atom. The highest BCUT2D eigenvalue weighted by Crippen LogP contribution is 2.17. The summed E-state index contributed by atoms with van der Waals surface area (Å²) in [6, 6.07) is 13.7. The molecular weight excluding hydrogens is 316 g/mol. The van der Waals surface area contributed by atoms with Crippen molar-refractivity contribution >= 4 is 29.1 Å². The van der Waals surface area contributed by atoms with E-state index in [4.69, 9.17) is 16.3 Å². The van der Waals surface area contributed by atoms with Gasteiger partial charge in [0.25, 0.3) is 5.91 Å². The van der Waals surface area contributed by atoms with Gasteiger partial charge in [0.1, 0.15) is 5.75 Å². The molecule has 2 amide bonds. The minimum atomic E-state index is -0.305. The van der Waals surface area contributed by atoms with E-state index in [1.165, 1.54) is 4.90 Å². The minimum Gasteiger partial charge on any atom is -0.497 e. The first-order valence-corrected chi connectivity index (χ1v) is 7.33. The van der Waals surface area contributed by atoms with Crippen LogP contribution in [0.3, 0.4) is 0 Å². The van der Waals surface area contributed by atoms with E-state index in [2.05, 4.69) is 5.32 Å². The first-order chi connectivity index (χ1) is 11.0. The fraction of sp³-hybridized carbons (Fsp3) is 0.176. The summed E-state index contributed by atoms with van der Waals surface area (Å²) in [6.07, 6.45) is 0. The van der Waals surface area contributed by atoms with Crippen LogP contribution in [-0.4, -0.2) is 37.4 Å². The van der Waals surface area contributed by atoms with E-state index in [9.17, 15) is 9.59 Å². The van der Waals surface area contributed by atoms with Crippen LogP contribution in [0.2, 0.25) is 5.02 Å². The summed E-state index contributed by atoms with van der Waals surface area (Å²) >= 11 is 6.00. The maximum atomic E-state index is 12.3. The molecule has 0 bridgehead atoms. The molecule has 1 N–H and O–H groups in total. The Kier molecular flexibility index (Phi) is 5.60. The van der Waals surface area contributed by atoms with Crippen molar-refractivity contribution in [2.24, 2.45) is 0 Å². The Balaban J connectivity index is 1.96. The topological polar surface area (TPSA) is 58.6 Å². The zero-order valence-electron chi connectivity index (χ0n) is 12.9. The van der Waals surface area contributed by atoms with E-state index in [0.717, 1.165) is 0 Å². The van der Waals surface area contributed by atoms with Gasteiger partial charge in [0, 0.05) is 12.7 Å². The van der Waals surface area contributed by atoms with Gasteiger partial charge in [-0.25, -0.2) is 0 Å². The Hall–Kier alpha value is -2.53. The summed E-state index contributed by atoms with van der Waals surface area (Å²) in [5.74, 6) is 0.104. The molecule has 2 aromatic carbocycles. The monoisotopic (exact) mass is 332 g/mol. The molecule has 0 aliphatic rings. The average molecular weight is 333 g/mol. The summed E-state index contributed by atoms with van der Waals surface area (Å²) in [4.78, 5) is 25.6. The first-order valence-electron chi connectivity index (χ1n) is 6.95. The minimum absolute atomic E-state index is 0.0733. The molecular formula is C17H17ClN2O3. The number of ether oxygens (including phenoxy) is 1. The van der Waals surface area contributed by atoms with E-state index in [1.807, 2.05) is 0 Å². The summed E-state index contributed by atoms with van der Waals surface area (Å²) in [7, 11) is 3.13. The molecule has 2 rings (SSSR count). The lowest BCUT2D eigenvalue weighted by atomic mass is 10.2. The second-order valence-electron chi connectivity index (χ2n) is 4.92. The predicted molar refractivity (Wildman–Crippen MR) is 90.0 cm³/mol. The molecule has 0 atom stereocenters. The van der Waals surface area contributed by atoms with Crippen LogP contribution in [0.25, 0.3) is 0 Å². The van der Waals surface area contributed by atoms with Crippen LogP contribution in [0, 0.1) is 0 Å². The highest BCUT2D eigenvalue weighted by Gasteiger charge is 2.17. The number of rotatable bonds is 5. The molecule has 0 aromatic heterocycles. The number of carbonyl (C=O) groups excluding carboxylic acids is 2. The quantitative estimate of drug-likeness (QED) is 0.915. The third kappa shape index (κ3) is 4.47. The predicted octanol–water partition coefficient (Wildman–Crippen LogP) is 3.06. The number of anilines is 1. The number of likely N-dealkylation sites (N-methyl/N-ethyl adjacent to an activating group) is 1. The molecule has 0 fully saturated rings. The second kappa shape index (κ2) is 7.65. The van der Waals surface area contributed by atoms with E-state index in [0.29, 0.717) is 22.0 Å². The van der Waals surface area contributed by atoms with Gasteiger partial charge in [0.2, 0.25) is 5.91 Å². The van der Waals surface area contributed by atoms with Crippen molar-refractivity contribution in [3.63, 3.8) is 0 Å². The van der Waals surface area contributed by atoms with Crippen molar-refractivity contribution in [1.82, 2.24) is 4.90 Å². The number of nitrogens with zero attached hydrogens (tertiary/aromatic N) is 1. The third-order valence-corrected chi connectivity index (χ3v) is 3.54. The van der Waals surface area contributed by atoms with Crippen LogP contribution in [0.4, 0.5) is 5.69 Å². The number of methoxy groups -OCH3 is 1. The van der Waals surface area contributed by atoms with E-state index >= 15 is 0 Å². The SMILES string of the molecule is COc1ccc(NC(=O)CN(C)C(=O)c2ccccc2Cl)cc1. The van der Waals surface area contributed by atoms with Crippen LogP contribution >= 0.6 is 11.6 Å². The molecule has 0 heterocycles. The Morgan fingerprint density at radius 1 is 1.13 bits per heavy atom. The zero-order valence-corrected chi connectivity index (χ0v) is 13.6. The van der Waals surface area contributed by atoms with Crippen LogP contribution in [-0.2, 0) is 4.79 Å². The van der Waals surface area contributed by atoms with Crippen LogP contribution in [0.15, 0.2) is 48.5 Å². The maximum Gasteiger partial charge on any atom is 0.255 e. The zero-order chi connectivity index (χ0) is 16.8. The van der Waals surface area contributed by atoms with E-state index in [1.54, 1.807) is 62.7 Å². The molecule has 6 heteroatoms. The summed E-state index contributed by atoms with van der Waals surface area (Å²) in [5.41, 5.74) is 1.00. The largest absolute Gasteiger partial charge is 0.497 e. The molecule has 5 nitrogen and oxygen atoms in total. The molecule has 0 aliphatic heterocycles. The molecule has 120 valence electrons. The smallest absolute Gasteiger partial charge is 0.255 e. The van der Waals surface area contributed by atoms with Crippen molar-refractivity contribution in [3.05, 3.63) is 59.1 Å². The van der Waals surface area contributed by atoms with Crippen molar-refractivity contribution < 1.29 is 14.3 Å². The fourth-order valence-corrected chi connectivity index (χ4v) is 2.22. The molecule has 0 aliphatic carbocycles. The molecule has 2 aromatic rings. The third-order valence-electron chi connectivity index (χ3n) is 3.21. The average Bonchev–Trinajstić information content (AvgIpc) is 2.55. The van der Waals surface area contributed by atoms with Gasteiger partial charge in [0.15, 0.2) is 0 Å². The van der Waals surface area contributed by atoms with E-state index < -0.39 is 0 Å². The van der Waals surface area contributed by atoms with Crippen LogP contribution in [0.5, 0.6) is 5.75 Å². The molecule has 0 saturated carbocycles. The number of hydrogen-bond donors (Lipinski definition) is 1. The summed E-state index contributed by atoms with van der Waals surface area (Å²) < 4.78 is 5.05. The molecule has 0 spiro atoms. The lowest BCUT2D eigenvalue weighted by Gasteiger charge is -2.17. The van der Waals surface area contributed by atoms with Crippen molar-refractivity contribution in [3.8, 4) is 5.75 Å². The normalized spacial score (nSPS) is 10.0. The molecule has 0 saturated heterocycles. The van der Waals surface area contributed by atoms with Gasteiger partial charge >= 0.3 is 0 Å². The van der Waals surface area contributed by atoms with Crippen LogP contribution < -0.4 is 10.1 Å². The molecule has 23 heavy (non-hydrogen) atoms. The maximum absolute atomic E-state index is 12.3. The highest BCUT2D eigenvalue weighted by atomic mass is 35.5. The Morgan fingerprint density at radius 3 is 2.39 bits per heavy atom. The van der Waals surface area contributed by atoms with Gasteiger partial charge < -0.3 is 15.0 Å². The standard InChI is InChI=1S/C17H17ClN2O3/c1-20(17(22)14-5-3-4-6-15(14)18)11-16(21)19-12-7-9-13(23-2)10-8-12/h3-10H,11H2,1-2H3,(H,19,21). The van der Waals surface area contributed by atoms with Crippen molar-refractivity contribution in [2.45, 2.75) is 0 Å². The first kappa shape index (κ1) is 16.8. The Labute approximate surface area is 139 Å². The van der Waals surface area contributed by atoms with Gasteiger partial charge in [-0.1, -0.05) is 23.7 Å². The molecule has 0 unspecified atom stereocenters. The number of halogens is 1. The van der Waals surface area contributed by atoms with Gasteiger partial charge in [-0.15, -0.1) is 0 Å². The van der Waals surface area contributed by atoms with Crippen molar-refractivity contribution in [2.75, 3.05) is 26.0 Å². The number of carbonyl (C=O) groups is 2. The number of benzene rings is 2. The lowest BCUT2D eigenvalue weighted by Crippen LogP contribution is -2.35. The lowest BCUT2D eigenvalue weighted by molar-refractivity contribution is -0.116. The number of hydrogen-bond acceptors (Lipinski definition) is 3. The van der Waals surface area contributed by atoms with Gasteiger partial charge in [-0.2, -0.15) is 0 Å². The Bertz CT molecular complexity index is 701. The second-order valence-corrected chi connectivity index (χ2v) is 5.32. The van der Waals surface area contributed by atoms with Gasteiger partial charge in [-0.3, -0.25) is 9.59 Å². The number of nitrogens with one attached hydrogen (secondary N) is 1. The fourth-order valence-electron chi connectivity index (χ4n) is 2.00. The van der Waals surface area contributed by atoms with Crippen LogP contribution in [0.1, 0.15) is 10.4 Å². The summed E-state index contributed by atoms with van der Waals surface area (Å²) in [5, 5.41) is 3.08. The van der Waals surface area contributed by atoms with Gasteiger partial charge in [-0.05, 0) is 36.4 Å². The number of amides is 2. The van der Waals surface area contributed by atoms with E-state index in [-0.39, 0.29) is 18.4 Å². The highest BCUT2D eigenvalue weighted by molar-refractivity contribution is 6.33. The molecule has 0 radical (unpaired) electrons.